The minimum Gasteiger partial charge on any atom is -0.496 e. The van der Waals surface area contributed by atoms with Crippen LogP contribution in [0, 0.1) is 5.41 Å². The molecule has 1 aromatic rings. The predicted octanol–water partition coefficient (Wildman–Crippen LogP) is 3.65. The summed E-state index contributed by atoms with van der Waals surface area (Å²) in [6.07, 6.45) is 2.37. The van der Waals surface area contributed by atoms with E-state index in [-0.39, 0.29) is 24.0 Å². The van der Waals surface area contributed by atoms with Gasteiger partial charge >= 0.3 is 0 Å². The van der Waals surface area contributed by atoms with Crippen molar-refractivity contribution >= 4 is 45.9 Å². The summed E-state index contributed by atoms with van der Waals surface area (Å²) in [6, 6.07) is 6.11. The molecule has 1 unspecified atom stereocenters. The number of methoxy groups -OCH3 is 1. The van der Waals surface area contributed by atoms with Crippen LogP contribution in [-0.2, 0) is 11.3 Å². The van der Waals surface area contributed by atoms with Crippen LogP contribution in [0.15, 0.2) is 27.7 Å². The Morgan fingerprint density at radius 3 is 2.92 bits per heavy atom. The highest BCUT2D eigenvalue weighted by atomic mass is 127. The third-order valence-electron chi connectivity index (χ3n) is 4.89. The normalized spacial score (nSPS) is 23.0. The second-order valence-corrected chi connectivity index (χ2v) is 7.47. The van der Waals surface area contributed by atoms with Crippen molar-refractivity contribution < 1.29 is 9.47 Å². The molecule has 0 saturated carbocycles. The van der Waals surface area contributed by atoms with Gasteiger partial charge in [0, 0.05) is 31.7 Å². The fraction of sp³-hybridized carbons (Fsp3) is 0.611. The number of nitrogens with zero attached hydrogens (tertiary/aromatic N) is 2. The van der Waals surface area contributed by atoms with Crippen LogP contribution in [-0.4, -0.2) is 50.8 Å². The van der Waals surface area contributed by atoms with E-state index in [1.54, 1.807) is 7.11 Å². The van der Waals surface area contributed by atoms with E-state index in [1.807, 2.05) is 6.07 Å². The van der Waals surface area contributed by atoms with Gasteiger partial charge < -0.3 is 19.7 Å². The molecular weight excluding hydrogens is 497 g/mol. The molecule has 2 aliphatic rings. The van der Waals surface area contributed by atoms with Crippen molar-refractivity contribution in [3.8, 4) is 5.75 Å². The number of guanidine groups is 1. The third-order valence-corrected chi connectivity index (χ3v) is 5.51. The highest BCUT2D eigenvalue weighted by Crippen LogP contribution is 2.38. The monoisotopic (exact) mass is 523 g/mol. The Labute approximate surface area is 175 Å². The smallest absolute Gasteiger partial charge is 0.194 e. The molecule has 0 bridgehead atoms. The van der Waals surface area contributed by atoms with Gasteiger partial charge in [0.05, 0.1) is 24.7 Å². The Bertz CT molecular complexity index is 606. The summed E-state index contributed by atoms with van der Waals surface area (Å²) in [5.41, 5.74) is 1.51. The summed E-state index contributed by atoms with van der Waals surface area (Å²) in [5, 5.41) is 3.44. The van der Waals surface area contributed by atoms with Gasteiger partial charge in [0.2, 0.25) is 0 Å². The summed E-state index contributed by atoms with van der Waals surface area (Å²) in [6.45, 7) is 7.56. The molecule has 1 N–H and O–H groups in total. The van der Waals surface area contributed by atoms with Crippen molar-refractivity contribution in [2.24, 2.45) is 10.4 Å². The van der Waals surface area contributed by atoms with E-state index in [2.05, 4.69) is 45.2 Å². The summed E-state index contributed by atoms with van der Waals surface area (Å²) >= 11 is 3.54. The van der Waals surface area contributed by atoms with Crippen LogP contribution in [0.2, 0.25) is 0 Å². The number of rotatable bonds is 4. The number of ether oxygens (including phenoxy) is 2. The van der Waals surface area contributed by atoms with E-state index < -0.39 is 0 Å². The zero-order valence-electron chi connectivity index (χ0n) is 14.9. The van der Waals surface area contributed by atoms with Gasteiger partial charge in [-0.2, -0.15) is 0 Å². The Morgan fingerprint density at radius 2 is 2.28 bits per heavy atom. The van der Waals surface area contributed by atoms with Crippen molar-refractivity contribution in [1.82, 2.24) is 10.2 Å². The van der Waals surface area contributed by atoms with Gasteiger partial charge in [0.15, 0.2) is 5.96 Å². The van der Waals surface area contributed by atoms with Crippen molar-refractivity contribution in [2.45, 2.75) is 26.3 Å². The van der Waals surface area contributed by atoms with Crippen LogP contribution in [0.4, 0.5) is 0 Å². The standard InChI is InChI=1S/C18H26BrN3O2.HI/c1-3-20-17(22-8-6-18(12-22)7-9-24-13-18)21-11-14-4-5-16(23-2)15(19)10-14;/h4-5,10H,3,6-9,11-13H2,1-2H3,(H,20,21);1H. The lowest BCUT2D eigenvalue weighted by atomic mass is 9.87. The molecule has 3 rings (SSSR count). The van der Waals surface area contributed by atoms with Gasteiger partial charge in [-0.05, 0) is 53.4 Å². The molecule has 1 spiro atoms. The molecule has 140 valence electrons. The number of hydrogen-bond donors (Lipinski definition) is 1. The predicted molar refractivity (Wildman–Crippen MR) is 115 cm³/mol. The topological polar surface area (TPSA) is 46.1 Å². The molecule has 2 fully saturated rings. The average Bonchev–Trinajstić information content (AvgIpc) is 3.22. The molecular formula is C18H27BrIN3O2. The zero-order chi connectivity index (χ0) is 17.0. The van der Waals surface area contributed by atoms with E-state index in [0.717, 1.165) is 54.6 Å². The lowest BCUT2D eigenvalue weighted by Gasteiger charge is -2.25. The molecule has 0 aromatic heterocycles. The van der Waals surface area contributed by atoms with Crippen molar-refractivity contribution in [3.63, 3.8) is 0 Å². The van der Waals surface area contributed by atoms with Crippen molar-refractivity contribution in [1.29, 1.82) is 0 Å². The summed E-state index contributed by atoms with van der Waals surface area (Å²) in [5.74, 6) is 1.85. The van der Waals surface area contributed by atoms with Crippen LogP contribution in [0.1, 0.15) is 25.3 Å². The first-order valence-electron chi connectivity index (χ1n) is 8.59. The number of aliphatic imine (C=N–C) groups is 1. The lowest BCUT2D eigenvalue weighted by Crippen LogP contribution is -2.41. The molecule has 2 aliphatic heterocycles. The van der Waals surface area contributed by atoms with E-state index in [0.29, 0.717) is 12.0 Å². The summed E-state index contributed by atoms with van der Waals surface area (Å²) < 4.78 is 11.9. The van der Waals surface area contributed by atoms with Gasteiger partial charge in [-0.1, -0.05) is 6.07 Å². The van der Waals surface area contributed by atoms with Crippen LogP contribution in [0.25, 0.3) is 0 Å². The van der Waals surface area contributed by atoms with E-state index in [9.17, 15) is 0 Å². The van der Waals surface area contributed by atoms with Crippen molar-refractivity contribution in [3.05, 3.63) is 28.2 Å². The molecule has 0 radical (unpaired) electrons. The van der Waals surface area contributed by atoms with Gasteiger partial charge in [-0.15, -0.1) is 24.0 Å². The maximum atomic E-state index is 5.63. The quantitative estimate of drug-likeness (QED) is 0.372. The highest BCUT2D eigenvalue weighted by molar-refractivity contribution is 14.0. The fourth-order valence-corrected chi connectivity index (χ4v) is 4.08. The molecule has 1 atom stereocenters. The Morgan fingerprint density at radius 1 is 1.44 bits per heavy atom. The second kappa shape index (κ2) is 9.41. The van der Waals surface area contributed by atoms with Gasteiger partial charge in [0.1, 0.15) is 5.75 Å². The number of benzene rings is 1. The summed E-state index contributed by atoms with van der Waals surface area (Å²) in [4.78, 5) is 7.23. The minimum absolute atomic E-state index is 0. The van der Waals surface area contributed by atoms with E-state index >= 15 is 0 Å². The maximum absolute atomic E-state index is 5.63. The molecule has 2 heterocycles. The number of halogens is 2. The fourth-order valence-electron chi connectivity index (χ4n) is 3.49. The molecule has 0 aliphatic carbocycles. The molecule has 0 amide bonds. The highest BCUT2D eigenvalue weighted by Gasteiger charge is 2.42. The van der Waals surface area contributed by atoms with Crippen molar-refractivity contribution in [2.75, 3.05) is 40.0 Å². The van der Waals surface area contributed by atoms with E-state index in [4.69, 9.17) is 14.5 Å². The summed E-state index contributed by atoms with van der Waals surface area (Å²) in [7, 11) is 1.68. The maximum Gasteiger partial charge on any atom is 0.194 e. The SMILES string of the molecule is CCNC(=NCc1ccc(OC)c(Br)c1)N1CCC2(CCOC2)C1.I. The van der Waals surface area contributed by atoms with Gasteiger partial charge in [-0.25, -0.2) is 4.99 Å². The molecule has 1 aromatic carbocycles. The van der Waals surface area contributed by atoms with Crippen LogP contribution < -0.4 is 10.1 Å². The Hall–Kier alpha value is -0.540. The first-order chi connectivity index (χ1) is 11.7. The number of likely N-dealkylation sites (tertiary alicyclic amines) is 1. The third kappa shape index (κ3) is 5.01. The molecule has 2 saturated heterocycles. The lowest BCUT2D eigenvalue weighted by molar-refractivity contribution is 0.156. The van der Waals surface area contributed by atoms with E-state index in [1.165, 1.54) is 12.8 Å². The zero-order valence-corrected chi connectivity index (χ0v) is 18.8. The van der Waals surface area contributed by atoms with Gasteiger partial charge in [0.25, 0.3) is 0 Å². The van der Waals surface area contributed by atoms with Gasteiger partial charge in [-0.3, -0.25) is 0 Å². The van der Waals surface area contributed by atoms with Crippen LogP contribution >= 0.6 is 39.9 Å². The Kier molecular flexibility index (Phi) is 7.82. The average molecular weight is 524 g/mol. The second-order valence-electron chi connectivity index (χ2n) is 6.61. The first kappa shape index (κ1) is 20.8. The first-order valence-corrected chi connectivity index (χ1v) is 9.38. The van der Waals surface area contributed by atoms with Crippen LogP contribution in [0.3, 0.4) is 0 Å². The van der Waals surface area contributed by atoms with Crippen LogP contribution in [0.5, 0.6) is 5.75 Å². The molecule has 5 nitrogen and oxygen atoms in total. The molecule has 7 heteroatoms. The number of nitrogens with one attached hydrogen (secondary N) is 1. The largest absolute Gasteiger partial charge is 0.496 e. The molecule has 25 heavy (non-hydrogen) atoms. The Balaban J connectivity index is 0.00000225. The minimum atomic E-state index is 0. The number of hydrogen-bond acceptors (Lipinski definition) is 3.